The van der Waals surface area contributed by atoms with Crippen molar-refractivity contribution < 1.29 is 17.9 Å². The summed E-state index contributed by atoms with van der Waals surface area (Å²) in [6, 6.07) is 12.9. The second-order valence-corrected chi connectivity index (χ2v) is 10.4. The van der Waals surface area contributed by atoms with E-state index >= 15 is 0 Å². The minimum Gasteiger partial charge on any atom is -0.497 e. The highest BCUT2D eigenvalue weighted by Gasteiger charge is 2.29. The van der Waals surface area contributed by atoms with Gasteiger partial charge in [-0.15, -0.1) is 0 Å². The first kappa shape index (κ1) is 22.6. The predicted molar refractivity (Wildman–Crippen MR) is 125 cm³/mol. The minimum absolute atomic E-state index is 0.104. The first-order valence-electron chi connectivity index (χ1n) is 11.2. The van der Waals surface area contributed by atoms with Crippen LogP contribution in [-0.2, 0) is 10.0 Å². The summed E-state index contributed by atoms with van der Waals surface area (Å²) in [5.41, 5.74) is 2.37. The zero-order valence-corrected chi connectivity index (χ0v) is 19.6. The molecular weight excluding hydrogens is 426 g/mol. The van der Waals surface area contributed by atoms with Gasteiger partial charge in [-0.05, 0) is 61.7 Å². The molecule has 32 heavy (non-hydrogen) atoms. The molecule has 0 bridgehead atoms. The molecule has 0 N–H and O–H groups in total. The molecule has 8 heteroatoms. The highest BCUT2D eigenvalue weighted by atomic mass is 32.2. The third-order valence-electron chi connectivity index (χ3n) is 6.40. The van der Waals surface area contributed by atoms with Gasteiger partial charge in [0.2, 0.25) is 10.0 Å². The lowest BCUT2D eigenvalue weighted by Gasteiger charge is -2.36. The Morgan fingerprint density at radius 2 is 1.53 bits per heavy atom. The van der Waals surface area contributed by atoms with Crippen LogP contribution in [-0.4, -0.2) is 69.9 Å². The van der Waals surface area contributed by atoms with Gasteiger partial charge in [0.15, 0.2) is 0 Å². The molecule has 0 atom stereocenters. The van der Waals surface area contributed by atoms with Crippen molar-refractivity contribution >= 4 is 21.6 Å². The Labute approximate surface area is 190 Å². The van der Waals surface area contributed by atoms with Crippen LogP contribution in [0.25, 0.3) is 0 Å². The average molecular weight is 458 g/mol. The maximum absolute atomic E-state index is 13.3. The minimum atomic E-state index is -3.57. The van der Waals surface area contributed by atoms with Crippen LogP contribution in [0.5, 0.6) is 5.75 Å². The number of carbonyl (C=O) groups is 1. The third-order valence-corrected chi connectivity index (χ3v) is 8.29. The average Bonchev–Trinajstić information content (AvgIpc) is 2.84. The molecule has 0 saturated carbocycles. The van der Waals surface area contributed by atoms with E-state index in [1.807, 2.05) is 36.1 Å². The van der Waals surface area contributed by atoms with Crippen LogP contribution in [0.1, 0.15) is 35.2 Å². The number of amides is 1. The molecule has 172 valence electrons. The molecular formula is C24H31N3O4S. The monoisotopic (exact) mass is 457 g/mol. The van der Waals surface area contributed by atoms with Gasteiger partial charge in [-0.2, -0.15) is 4.31 Å². The molecule has 0 aromatic heterocycles. The fourth-order valence-corrected chi connectivity index (χ4v) is 5.92. The summed E-state index contributed by atoms with van der Waals surface area (Å²) in [6.07, 6.45) is 2.83. The predicted octanol–water partition coefficient (Wildman–Crippen LogP) is 3.14. The van der Waals surface area contributed by atoms with Crippen LogP contribution in [0.4, 0.5) is 5.69 Å². The van der Waals surface area contributed by atoms with Crippen LogP contribution < -0.4 is 9.64 Å². The van der Waals surface area contributed by atoms with E-state index in [0.29, 0.717) is 31.7 Å². The van der Waals surface area contributed by atoms with Crippen LogP contribution in [0.15, 0.2) is 47.4 Å². The van der Waals surface area contributed by atoms with Gasteiger partial charge in [0.25, 0.3) is 5.91 Å². The standard InChI is InChI=1S/C24H31N3O4S/c1-19-6-11-22(32(29,30)27-12-4-3-5-13-27)18-23(19)24(28)26-16-14-25(15-17-26)20-7-9-21(31-2)10-8-20/h6-11,18H,3-5,12-17H2,1-2H3. The van der Waals surface area contributed by atoms with Gasteiger partial charge in [-0.25, -0.2) is 8.42 Å². The smallest absolute Gasteiger partial charge is 0.254 e. The number of nitrogens with zero attached hydrogens (tertiary/aromatic N) is 3. The quantitative estimate of drug-likeness (QED) is 0.690. The molecule has 1 amide bonds. The molecule has 2 heterocycles. The number of hydrogen-bond donors (Lipinski definition) is 0. The number of carbonyl (C=O) groups excluding carboxylic acids is 1. The van der Waals surface area contributed by atoms with E-state index in [4.69, 9.17) is 4.74 Å². The topological polar surface area (TPSA) is 70.2 Å². The van der Waals surface area contributed by atoms with Crippen LogP contribution >= 0.6 is 0 Å². The van der Waals surface area contributed by atoms with E-state index in [9.17, 15) is 13.2 Å². The van der Waals surface area contributed by atoms with Crippen molar-refractivity contribution in [3.63, 3.8) is 0 Å². The van der Waals surface area contributed by atoms with E-state index in [2.05, 4.69) is 4.90 Å². The van der Waals surface area contributed by atoms with Gasteiger partial charge in [-0.1, -0.05) is 12.5 Å². The van der Waals surface area contributed by atoms with Gasteiger partial charge in [0, 0.05) is 50.5 Å². The number of sulfonamides is 1. The van der Waals surface area contributed by atoms with Crippen molar-refractivity contribution in [3.05, 3.63) is 53.6 Å². The van der Waals surface area contributed by atoms with Crippen molar-refractivity contribution in [2.24, 2.45) is 0 Å². The van der Waals surface area contributed by atoms with E-state index in [1.165, 1.54) is 0 Å². The van der Waals surface area contributed by atoms with Gasteiger partial charge < -0.3 is 14.5 Å². The Kier molecular flexibility index (Phi) is 6.71. The fraction of sp³-hybridized carbons (Fsp3) is 0.458. The fourth-order valence-electron chi connectivity index (χ4n) is 4.38. The maximum Gasteiger partial charge on any atom is 0.254 e. The molecule has 2 aliphatic heterocycles. The molecule has 0 unspecified atom stereocenters. The molecule has 2 aromatic carbocycles. The summed E-state index contributed by atoms with van der Waals surface area (Å²) in [7, 11) is -1.93. The molecule has 2 aromatic rings. The lowest BCUT2D eigenvalue weighted by atomic mass is 10.1. The lowest BCUT2D eigenvalue weighted by Crippen LogP contribution is -2.49. The largest absolute Gasteiger partial charge is 0.497 e. The van der Waals surface area contributed by atoms with Crippen molar-refractivity contribution in [3.8, 4) is 5.75 Å². The highest BCUT2D eigenvalue weighted by Crippen LogP contribution is 2.25. The van der Waals surface area contributed by atoms with E-state index in [0.717, 1.165) is 49.4 Å². The summed E-state index contributed by atoms with van der Waals surface area (Å²) in [5, 5.41) is 0. The van der Waals surface area contributed by atoms with Crippen LogP contribution in [0.3, 0.4) is 0 Å². The second kappa shape index (κ2) is 9.50. The molecule has 2 saturated heterocycles. The number of anilines is 1. The molecule has 4 rings (SSSR count). The number of aryl methyl sites for hydroxylation is 1. The molecule has 0 aliphatic carbocycles. The molecule has 0 radical (unpaired) electrons. The SMILES string of the molecule is COc1ccc(N2CCN(C(=O)c3cc(S(=O)(=O)N4CCCCC4)ccc3C)CC2)cc1. The van der Waals surface area contributed by atoms with Gasteiger partial charge in [-0.3, -0.25) is 4.79 Å². The van der Waals surface area contributed by atoms with Crippen LogP contribution in [0, 0.1) is 6.92 Å². The Hall–Kier alpha value is -2.58. The lowest BCUT2D eigenvalue weighted by molar-refractivity contribution is 0.0746. The maximum atomic E-state index is 13.3. The summed E-state index contributed by atoms with van der Waals surface area (Å²) < 4.78 is 32.9. The molecule has 2 fully saturated rings. The van der Waals surface area contributed by atoms with E-state index in [-0.39, 0.29) is 10.8 Å². The van der Waals surface area contributed by atoms with E-state index < -0.39 is 10.0 Å². The third kappa shape index (κ3) is 4.61. The highest BCUT2D eigenvalue weighted by molar-refractivity contribution is 7.89. The van der Waals surface area contributed by atoms with Gasteiger partial charge in [0.1, 0.15) is 5.75 Å². The zero-order valence-electron chi connectivity index (χ0n) is 18.8. The summed E-state index contributed by atoms with van der Waals surface area (Å²) >= 11 is 0. The van der Waals surface area contributed by atoms with Crippen molar-refractivity contribution in [1.82, 2.24) is 9.21 Å². The number of methoxy groups -OCH3 is 1. The number of ether oxygens (including phenoxy) is 1. The van der Waals surface area contributed by atoms with Crippen molar-refractivity contribution in [1.29, 1.82) is 0 Å². The van der Waals surface area contributed by atoms with Crippen molar-refractivity contribution in [2.75, 3.05) is 51.3 Å². The molecule has 0 spiro atoms. The van der Waals surface area contributed by atoms with Gasteiger partial charge in [0.05, 0.1) is 12.0 Å². The molecule has 7 nitrogen and oxygen atoms in total. The Balaban J connectivity index is 1.47. The summed E-state index contributed by atoms with van der Waals surface area (Å²) in [6.45, 7) is 5.59. The first-order chi connectivity index (χ1) is 15.4. The number of hydrogen-bond acceptors (Lipinski definition) is 5. The Morgan fingerprint density at radius 3 is 2.16 bits per heavy atom. The second-order valence-electron chi connectivity index (χ2n) is 8.42. The number of piperazine rings is 1. The van der Waals surface area contributed by atoms with Gasteiger partial charge >= 0.3 is 0 Å². The number of rotatable bonds is 5. The zero-order chi connectivity index (χ0) is 22.7. The Bertz CT molecular complexity index is 1060. The van der Waals surface area contributed by atoms with Crippen LogP contribution in [0.2, 0.25) is 0 Å². The number of piperidine rings is 1. The van der Waals surface area contributed by atoms with E-state index in [1.54, 1.807) is 29.6 Å². The normalized spacial score (nSPS) is 17.9. The number of benzene rings is 2. The van der Waals surface area contributed by atoms with Crippen molar-refractivity contribution in [2.45, 2.75) is 31.1 Å². The summed E-state index contributed by atoms with van der Waals surface area (Å²) in [5.74, 6) is 0.713. The first-order valence-corrected chi connectivity index (χ1v) is 12.6. The Morgan fingerprint density at radius 1 is 0.875 bits per heavy atom. The summed E-state index contributed by atoms with van der Waals surface area (Å²) in [4.78, 5) is 17.6. The molecule has 2 aliphatic rings.